The number of carbonyl (C=O) groups is 1. The third-order valence-electron chi connectivity index (χ3n) is 1.99. The van der Waals surface area contributed by atoms with Crippen LogP contribution >= 0.6 is 27.3 Å². The molecule has 0 unspecified atom stereocenters. The van der Waals surface area contributed by atoms with Gasteiger partial charge in [0.2, 0.25) is 0 Å². The Hall–Kier alpha value is -0.440. The Balaban J connectivity index is 2.79. The molecule has 0 aromatic carbocycles. The molecule has 96 valence electrons. The number of halogens is 1. The number of amides is 1. The summed E-state index contributed by atoms with van der Waals surface area (Å²) in [7, 11) is -2.31. The van der Waals surface area contributed by atoms with E-state index in [1.165, 1.54) is 18.4 Å². The van der Waals surface area contributed by atoms with Crippen LogP contribution in [-0.2, 0) is 10.2 Å². The Bertz CT molecular complexity index is 498. The van der Waals surface area contributed by atoms with Gasteiger partial charge in [0.15, 0.2) is 0 Å². The Morgan fingerprint density at radius 2 is 2.24 bits per heavy atom. The fourth-order valence-electron chi connectivity index (χ4n) is 1.13. The second-order valence-electron chi connectivity index (χ2n) is 3.36. The van der Waals surface area contributed by atoms with E-state index < -0.39 is 16.1 Å². The van der Waals surface area contributed by atoms with Crippen molar-refractivity contribution in [2.75, 3.05) is 13.6 Å². The van der Waals surface area contributed by atoms with Crippen molar-refractivity contribution >= 4 is 43.4 Å². The molecule has 0 aliphatic carbocycles. The van der Waals surface area contributed by atoms with Gasteiger partial charge in [0.1, 0.15) is 4.88 Å². The zero-order valence-electron chi connectivity index (χ0n) is 9.44. The van der Waals surface area contributed by atoms with Gasteiger partial charge in [-0.05, 0) is 33.8 Å². The van der Waals surface area contributed by atoms with Crippen LogP contribution in [0, 0.1) is 0 Å². The maximum absolute atomic E-state index is 11.7. The first-order valence-electron chi connectivity index (χ1n) is 4.90. The minimum atomic E-state index is -3.74. The highest BCUT2D eigenvalue weighted by Gasteiger charge is 2.22. The lowest BCUT2D eigenvalue weighted by atomic mass is 10.5. The largest absolute Gasteiger partial charge is 0.303 e. The van der Waals surface area contributed by atoms with Crippen LogP contribution in [0.5, 0.6) is 0 Å². The van der Waals surface area contributed by atoms with Crippen molar-refractivity contribution in [1.29, 1.82) is 0 Å². The summed E-state index contributed by atoms with van der Waals surface area (Å²) in [6, 6.07) is 1.70. The van der Waals surface area contributed by atoms with E-state index in [2.05, 4.69) is 15.9 Å². The van der Waals surface area contributed by atoms with E-state index in [0.717, 1.165) is 4.31 Å². The minimum absolute atomic E-state index is 0.346. The summed E-state index contributed by atoms with van der Waals surface area (Å²) in [4.78, 5) is 12.1. The van der Waals surface area contributed by atoms with Crippen LogP contribution in [0.3, 0.4) is 0 Å². The lowest BCUT2D eigenvalue weighted by Gasteiger charge is -2.16. The van der Waals surface area contributed by atoms with Crippen molar-refractivity contribution in [3.8, 4) is 0 Å². The van der Waals surface area contributed by atoms with Gasteiger partial charge < -0.3 is 0 Å². The lowest BCUT2D eigenvalue weighted by molar-refractivity contribution is 0.0982. The number of hydrogen-bond donors (Lipinski definition) is 1. The summed E-state index contributed by atoms with van der Waals surface area (Å²) in [5, 5.41) is 1.71. The van der Waals surface area contributed by atoms with Crippen LogP contribution in [0.1, 0.15) is 23.0 Å². The maximum atomic E-state index is 11.7. The number of nitrogens with zero attached hydrogens (tertiary/aromatic N) is 1. The molecule has 1 aromatic rings. The van der Waals surface area contributed by atoms with Gasteiger partial charge >= 0.3 is 10.2 Å². The Labute approximate surface area is 113 Å². The molecule has 1 N–H and O–H groups in total. The van der Waals surface area contributed by atoms with Gasteiger partial charge in [-0.25, -0.2) is 4.72 Å². The van der Waals surface area contributed by atoms with Crippen LogP contribution < -0.4 is 4.72 Å². The number of carbonyl (C=O) groups excluding carboxylic acids is 1. The number of thiophene rings is 1. The fourth-order valence-corrected chi connectivity index (χ4v) is 3.56. The molecule has 0 aliphatic rings. The quantitative estimate of drug-likeness (QED) is 0.889. The van der Waals surface area contributed by atoms with E-state index in [9.17, 15) is 13.2 Å². The van der Waals surface area contributed by atoms with Crippen molar-refractivity contribution in [2.24, 2.45) is 0 Å². The highest BCUT2D eigenvalue weighted by molar-refractivity contribution is 9.10. The molecule has 5 nitrogen and oxygen atoms in total. The summed E-state index contributed by atoms with van der Waals surface area (Å²) >= 11 is 4.36. The van der Waals surface area contributed by atoms with Gasteiger partial charge in [-0.15, -0.1) is 11.3 Å². The Morgan fingerprint density at radius 3 is 2.71 bits per heavy atom. The molecule has 1 aromatic heterocycles. The number of nitrogens with one attached hydrogen (secondary N) is 1. The van der Waals surface area contributed by atoms with Gasteiger partial charge in [-0.1, -0.05) is 6.92 Å². The van der Waals surface area contributed by atoms with E-state index >= 15 is 0 Å². The van der Waals surface area contributed by atoms with Crippen molar-refractivity contribution in [1.82, 2.24) is 9.03 Å². The molecule has 1 amide bonds. The Kier molecular flexibility index (Phi) is 5.11. The molecule has 1 heterocycles. The van der Waals surface area contributed by atoms with E-state index in [0.29, 0.717) is 22.3 Å². The first-order chi connectivity index (χ1) is 7.88. The average Bonchev–Trinajstić information content (AvgIpc) is 2.64. The molecule has 0 bridgehead atoms. The van der Waals surface area contributed by atoms with Crippen molar-refractivity contribution < 1.29 is 13.2 Å². The third-order valence-corrected chi connectivity index (χ3v) is 5.28. The smallest absolute Gasteiger partial charge is 0.267 e. The van der Waals surface area contributed by atoms with Crippen LogP contribution in [0.4, 0.5) is 0 Å². The van der Waals surface area contributed by atoms with Crippen molar-refractivity contribution in [3.05, 3.63) is 20.8 Å². The zero-order valence-corrected chi connectivity index (χ0v) is 12.7. The van der Waals surface area contributed by atoms with E-state index in [1.54, 1.807) is 11.4 Å². The molecule has 17 heavy (non-hydrogen) atoms. The van der Waals surface area contributed by atoms with E-state index in [-0.39, 0.29) is 0 Å². The van der Waals surface area contributed by atoms with Crippen molar-refractivity contribution in [2.45, 2.75) is 13.3 Å². The van der Waals surface area contributed by atoms with Gasteiger partial charge in [0.05, 0.1) is 0 Å². The monoisotopic (exact) mass is 340 g/mol. The van der Waals surface area contributed by atoms with Gasteiger partial charge in [-0.2, -0.15) is 12.7 Å². The molecular formula is C9H13BrN2O3S2. The first-order valence-corrected chi connectivity index (χ1v) is 8.01. The summed E-state index contributed by atoms with van der Waals surface area (Å²) < 4.78 is 27.2. The summed E-state index contributed by atoms with van der Waals surface area (Å²) in [6.07, 6.45) is 0.689. The predicted molar refractivity (Wildman–Crippen MR) is 71.3 cm³/mol. The van der Waals surface area contributed by atoms with Crippen LogP contribution in [0.15, 0.2) is 15.9 Å². The zero-order chi connectivity index (χ0) is 13.1. The van der Waals surface area contributed by atoms with Gasteiger partial charge in [0.25, 0.3) is 5.91 Å². The molecule has 0 atom stereocenters. The second kappa shape index (κ2) is 5.94. The lowest BCUT2D eigenvalue weighted by Crippen LogP contribution is -2.41. The maximum Gasteiger partial charge on any atom is 0.303 e. The van der Waals surface area contributed by atoms with Crippen LogP contribution in [-0.4, -0.2) is 32.2 Å². The molecule has 0 spiro atoms. The summed E-state index contributed by atoms with van der Waals surface area (Å²) in [6.45, 7) is 2.23. The van der Waals surface area contributed by atoms with Gasteiger partial charge in [-0.3, -0.25) is 4.79 Å². The summed E-state index contributed by atoms with van der Waals surface area (Å²) in [5.41, 5.74) is 0. The standard InChI is InChI=1S/C9H13BrN2O3S2/c1-3-5-12(2)17(14,15)11-9(13)8-7(10)4-6-16-8/h4,6H,3,5H2,1-2H3,(H,11,13). The highest BCUT2D eigenvalue weighted by atomic mass is 79.9. The number of rotatable bonds is 5. The molecule has 0 aliphatic heterocycles. The van der Waals surface area contributed by atoms with Crippen molar-refractivity contribution in [3.63, 3.8) is 0 Å². The minimum Gasteiger partial charge on any atom is -0.267 e. The molecule has 8 heteroatoms. The first kappa shape index (κ1) is 14.6. The van der Waals surface area contributed by atoms with Crippen LogP contribution in [0.25, 0.3) is 0 Å². The molecule has 0 saturated carbocycles. The predicted octanol–water partition coefficient (Wildman–Crippen LogP) is 1.83. The van der Waals surface area contributed by atoms with E-state index in [1.807, 2.05) is 11.6 Å². The molecule has 0 saturated heterocycles. The van der Waals surface area contributed by atoms with E-state index in [4.69, 9.17) is 0 Å². The normalized spacial score (nSPS) is 11.8. The molecular weight excluding hydrogens is 328 g/mol. The fraction of sp³-hybridized carbons (Fsp3) is 0.444. The second-order valence-corrected chi connectivity index (χ2v) is 6.90. The molecule has 0 radical (unpaired) electrons. The van der Waals surface area contributed by atoms with Crippen LogP contribution in [0.2, 0.25) is 0 Å². The molecule has 0 fully saturated rings. The summed E-state index contributed by atoms with van der Waals surface area (Å²) in [5.74, 6) is -0.616. The molecule has 1 rings (SSSR count). The Morgan fingerprint density at radius 1 is 1.59 bits per heavy atom. The van der Waals surface area contributed by atoms with Gasteiger partial charge in [0, 0.05) is 18.1 Å². The topological polar surface area (TPSA) is 66.5 Å². The number of hydrogen-bond acceptors (Lipinski definition) is 4. The SMILES string of the molecule is CCCN(C)S(=O)(=O)NC(=O)c1sccc1Br. The highest BCUT2D eigenvalue weighted by Crippen LogP contribution is 2.22. The third kappa shape index (κ3) is 3.77. The average molecular weight is 341 g/mol.